The molecule has 0 bridgehead atoms. The number of fused-ring (bicyclic) bond motifs is 2. The number of nitrogens with one attached hydrogen (secondary N) is 1. The minimum atomic E-state index is -3.69. The van der Waals surface area contributed by atoms with E-state index >= 15 is 0 Å². The molecule has 0 radical (unpaired) electrons. The van der Waals surface area contributed by atoms with Gasteiger partial charge in [0.25, 0.3) is 11.5 Å². The summed E-state index contributed by atoms with van der Waals surface area (Å²) in [5.41, 5.74) is 1.29. The third-order valence-electron chi connectivity index (χ3n) is 6.08. The second-order valence-electron chi connectivity index (χ2n) is 8.13. The summed E-state index contributed by atoms with van der Waals surface area (Å²) in [6.45, 7) is 2.05. The lowest BCUT2D eigenvalue weighted by Crippen LogP contribution is -2.41. The molecule has 0 spiro atoms. The van der Waals surface area contributed by atoms with Crippen LogP contribution in [0.2, 0.25) is 0 Å². The van der Waals surface area contributed by atoms with Crippen LogP contribution >= 0.6 is 0 Å². The van der Waals surface area contributed by atoms with Crippen molar-refractivity contribution in [1.29, 1.82) is 0 Å². The first-order chi connectivity index (χ1) is 15.9. The molecule has 1 saturated heterocycles. The van der Waals surface area contributed by atoms with Gasteiger partial charge < -0.3 is 10.1 Å². The molecule has 0 unspecified atom stereocenters. The van der Waals surface area contributed by atoms with Crippen LogP contribution in [0, 0.1) is 0 Å². The van der Waals surface area contributed by atoms with Gasteiger partial charge in [-0.3, -0.25) is 14.2 Å². The fourth-order valence-electron chi connectivity index (χ4n) is 4.33. The number of amides is 1. The number of carbonyl (C=O) groups is 1. The SMILES string of the molecule is O=C(NCc1ccccc1S(=O)(=O)N1CCOCC1)c1ccc2c(=O)n3c(nc2c1)CCC3. The van der Waals surface area contributed by atoms with E-state index in [0.717, 1.165) is 18.7 Å². The topological polar surface area (TPSA) is 111 Å². The molecule has 1 aromatic heterocycles. The van der Waals surface area contributed by atoms with Gasteiger partial charge in [0.1, 0.15) is 5.82 Å². The zero-order valence-corrected chi connectivity index (χ0v) is 18.8. The molecular weight excluding hydrogens is 444 g/mol. The highest BCUT2D eigenvalue weighted by Crippen LogP contribution is 2.22. The minimum absolute atomic E-state index is 0.0525. The van der Waals surface area contributed by atoms with Crippen LogP contribution in [0.3, 0.4) is 0 Å². The molecule has 172 valence electrons. The number of benzene rings is 2. The lowest BCUT2D eigenvalue weighted by atomic mass is 10.1. The lowest BCUT2D eigenvalue weighted by Gasteiger charge is -2.27. The van der Waals surface area contributed by atoms with Crippen molar-refractivity contribution in [2.24, 2.45) is 0 Å². The van der Waals surface area contributed by atoms with Crippen molar-refractivity contribution in [2.75, 3.05) is 26.3 Å². The molecule has 5 rings (SSSR count). The van der Waals surface area contributed by atoms with Gasteiger partial charge in [-0.1, -0.05) is 18.2 Å². The Bertz CT molecular complexity index is 1390. The van der Waals surface area contributed by atoms with Crippen molar-refractivity contribution in [1.82, 2.24) is 19.2 Å². The summed E-state index contributed by atoms with van der Waals surface area (Å²) in [6, 6.07) is 11.5. The van der Waals surface area contributed by atoms with Crippen molar-refractivity contribution < 1.29 is 17.9 Å². The van der Waals surface area contributed by atoms with Gasteiger partial charge in [0.05, 0.1) is 29.0 Å². The molecular formula is C23H24N4O5S. The van der Waals surface area contributed by atoms with Gasteiger partial charge in [0.2, 0.25) is 10.0 Å². The zero-order valence-electron chi connectivity index (χ0n) is 18.0. The van der Waals surface area contributed by atoms with E-state index in [1.807, 2.05) is 0 Å². The summed E-state index contributed by atoms with van der Waals surface area (Å²) >= 11 is 0. The van der Waals surface area contributed by atoms with Gasteiger partial charge in [0, 0.05) is 38.2 Å². The zero-order chi connectivity index (χ0) is 23.0. The largest absolute Gasteiger partial charge is 0.379 e. The molecule has 0 saturated carbocycles. The summed E-state index contributed by atoms with van der Waals surface area (Å²) in [4.78, 5) is 30.2. The molecule has 2 aliphatic rings. The molecule has 1 amide bonds. The number of sulfonamides is 1. The molecule has 3 heterocycles. The molecule has 9 nitrogen and oxygen atoms in total. The Morgan fingerprint density at radius 2 is 1.88 bits per heavy atom. The molecule has 2 aromatic carbocycles. The van der Waals surface area contributed by atoms with Crippen LogP contribution in [0.4, 0.5) is 0 Å². The standard InChI is InChI=1S/C23H24N4O5S/c28-22(16-7-8-18-19(14-16)25-21-6-3-9-27(21)23(18)29)24-15-17-4-1-2-5-20(17)33(30,31)26-10-12-32-13-11-26/h1-2,4-5,7-8,14H,3,6,9-13,15H2,(H,24,28). The highest BCUT2D eigenvalue weighted by molar-refractivity contribution is 7.89. The van der Waals surface area contributed by atoms with E-state index in [1.165, 1.54) is 4.31 Å². The first-order valence-electron chi connectivity index (χ1n) is 10.9. The lowest BCUT2D eigenvalue weighted by molar-refractivity contribution is 0.0730. The third-order valence-corrected chi connectivity index (χ3v) is 8.08. The number of ether oxygens (including phenoxy) is 1. The van der Waals surface area contributed by atoms with Gasteiger partial charge in [-0.2, -0.15) is 4.31 Å². The van der Waals surface area contributed by atoms with Crippen molar-refractivity contribution in [3.05, 3.63) is 69.8 Å². The van der Waals surface area contributed by atoms with E-state index in [9.17, 15) is 18.0 Å². The van der Waals surface area contributed by atoms with Crippen LogP contribution in [0.25, 0.3) is 10.9 Å². The van der Waals surface area contributed by atoms with E-state index in [-0.39, 0.29) is 22.9 Å². The van der Waals surface area contributed by atoms with Crippen LogP contribution in [0.15, 0.2) is 52.2 Å². The summed E-state index contributed by atoms with van der Waals surface area (Å²) in [5.74, 6) is 0.380. The van der Waals surface area contributed by atoms with Crippen LogP contribution in [0.1, 0.15) is 28.2 Å². The number of hydrogen-bond acceptors (Lipinski definition) is 6. The Labute approximate surface area is 191 Å². The van der Waals surface area contributed by atoms with Crippen LogP contribution in [-0.2, 0) is 34.3 Å². The number of aromatic nitrogens is 2. The van der Waals surface area contributed by atoms with Gasteiger partial charge in [-0.25, -0.2) is 13.4 Å². The average molecular weight is 469 g/mol. The number of morpholine rings is 1. The first kappa shape index (κ1) is 21.7. The fraction of sp³-hybridized carbons (Fsp3) is 0.348. The van der Waals surface area contributed by atoms with Crippen molar-refractivity contribution in [3.8, 4) is 0 Å². The quantitative estimate of drug-likeness (QED) is 0.604. The van der Waals surface area contributed by atoms with Gasteiger partial charge in [0.15, 0.2) is 0 Å². The second kappa shape index (κ2) is 8.69. The number of hydrogen-bond donors (Lipinski definition) is 1. The summed E-state index contributed by atoms with van der Waals surface area (Å²) in [5, 5.41) is 3.29. The van der Waals surface area contributed by atoms with E-state index in [4.69, 9.17) is 4.74 Å². The predicted octanol–water partition coefficient (Wildman–Crippen LogP) is 1.29. The number of aryl methyl sites for hydroxylation is 1. The highest BCUT2D eigenvalue weighted by atomic mass is 32.2. The van der Waals surface area contributed by atoms with E-state index < -0.39 is 10.0 Å². The molecule has 0 atom stereocenters. The molecule has 10 heteroatoms. The summed E-state index contributed by atoms with van der Waals surface area (Å²) < 4.78 is 34.6. The van der Waals surface area contributed by atoms with Gasteiger partial charge in [-0.15, -0.1) is 0 Å². The number of carbonyl (C=O) groups excluding carboxylic acids is 1. The summed E-state index contributed by atoms with van der Waals surface area (Å²) in [7, 11) is -3.69. The fourth-order valence-corrected chi connectivity index (χ4v) is 5.96. The molecule has 33 heavy (non-hydrogen) atoms. The van der Waals surface area contributed by atoms with Gasteiger partial charge >= 0.3 is 0 Å². The Kier molecular flexibility index (Phi) is 5.73. The maximum absolute atomic E-state index is 13.1. The number of nitrogens with zero attached hydrogens (tertiary/aromatic N) is 3. The Morgan fingerprint density at radius 3 is 2.70 bits per heavy atom. The molecule has 1 N–H and O–H groups in total. The maximum atomic E-state index is 13.1. The van der Waals surface area contributed by atoms with E-state index in [1.54, 1.807) is 47.0 Å². The third kappa shape index (κ3) is 4.05. The maximum Gasteiger partial charge on any atom is 0.261 e. The van der Waals surface area contributed by atoms with Crippen molar-refractivity contribution in [2.45, 2.75) is 30.8 Å². The minimum Gasteiger partial charge on any atom is -0.379 e. The van der Waals surface area contributed by atoms with Gasteiger partial charge in [-0.05, 0) is 36.2 Å². The molecule has 0 aliphatic carbocycles. The normalized spacial score (nSPS) is 16.6. The molecule has 2 aliphatic heterocycles. The molecule has 1 fully saturated rings. The summed E-state index contributed by atoms with van der Waals surface area (Å²) in [6.07, 6.45) is 1.63. The molecule has 3 aromatic rings. The smallest absolute Gasteiger partial charge is 0.261 e. The van der Waals surface area contributed by atoms with E-state index in [0.29, 0.717) is 54.9 Å². The Balaban J connectivity index is 1.37. The van der Waals surface area contributed by atoms with Crippen LogP contribution in [0.5, 0.6) is 0 Å². The number of rotatable bonds is 5. The first-order valence-corrected chi connectivity index (χ1v) is 12.4. The second-order valence-corrected chi connectivity index (χ2v) is 10.0. The van der Waals surface area contributed by atoms with Crippen LogP contribution in [-0.4, -0.2) is 54.5 Å². The monoisotopic (exact) mass is 468 g/mol. The van der Waals surface area contributed by atoms with Crippen molar-refractivity contribution >= 4 is 26.8 Å². The van der Waals surface area contributed by atoms with Crippen molar-refractivity contribution in [3.63, 3.8) is 0 Å². The Morgan fingerprint density at radius 1 is 1.09 bits per heavy atom. The average Bonchev–Trinajstić information content (AvgIpc) is 3.32. The van der Waals surface area contributed by atoms with Crippen LogP contribution < -0.4 is 10.9 Å². The van der Waals surface area contributed by atoms with E-state index in [2.05, 4.69) is 10.3 Å². The Hall–Kier alpha value is -3.08. The highest BCUT2D eigenvalue weighted by Gasteiger charge is 2.28. The predicted molar refractivity (Wildman–Crippen MR) is 122 cm³/mol.